The summed E-state index contributed by atoms with van der Waals surface area (Å²) in [7, 11) is 1.27. The Kier molecular flexibility index (Phi) is 4.10. The van der Waals surface area contributed by atoms with Crippen LogP contribution in [0.3, 0.4) is 0 Å². The van der Waals surface area contributed by atoms with Gasteiger partial charge in [0.15, 0.2) is 5.60 Å². The number of aryl methyl sites for hydroxylation is 1. The van der Waals surface area contributed by atoms with E-state index in [-0.39, 0.29) is 6.42 Å². The van der Waals surface area contributed by atoms with Crippen molar-refractivity contribution in [2.24, 2.45) is 0 Å². The molecule has 0 amide bonds. The van der Waals surface area contributed by atoms with Crippen molar-refractivity contribution in [2.45, 2.75) is 25.9 Å². The molecule has 0 bridgehead atoms. The molecule has 1 aromatic carbocycles. The molecule has 0 radical (unpaired) electrons. The maximum atomic E-state index is 11.3. The van der Waals surface area contributed by atoms with Gasteiger partial charge in [0, 0.05) is 10.9 Å². The van der Waals surface area contributed by atoms with Gasteiger partial charge in [-0.15, -0.1) is 0 Å². The monoisotopic (exact) mass is 286 g/mol. The molecule has 16 heavy (non-hydrogen) atoms. The number of carbonyl (C=O) groups excluding carboxylic acids is 1. The molecule has 1 aromatic rings. The smallest absolute Gasteiger partial charge is 0.337 e. The average molecular weight is 287 g/mol. The summed E-state index contributed by atoms with van der Waals surface area (Å²) in [6, 6.07) is 5.72. The maximum absolute atomic E-state index is 11.3. The summed E-state index contributed by atoms with van der Waals surface area (Å²) in [4.78, 5) is 11.3. The number of aliphatic hydroxyl groups is 1. The number of benzene rings is 1. The SMILES string of the molecule is COC(=O)C(C)(O)Cc1ccc(C)c(Br)c1. The Morgan fingerprint density at radius 2 is 2.19 bits per heavy atom. The van der Waals surface area contributed by atoms with Gasteiger partial charge in [0.05, 0.1) is 7.11 Å². The highest BCUT2D eigenvalue weighted by Crippen LogP contribution is 2.21. The molecule has 0 fully saturated rings. The number of halogens is 1. The van der Waals surface area contributed by atoms with E-state index in [0.29, 0.717) is 0 Å². The van der Waals surface area contributed by atoms with Gasteiger partial charge < -0.3 is 9.84 Å². The van der Waals surface area contributed by atoms with Crippen LogP contribution in [0.25, 0.3) is 0 Å². The van der Waals surface area contributed by atoms with E-state index in [2.05, 4.69) is 20.7 Å². The summed E-state index contributed by atoms with van der Waals surface area (Å²) in [6.45, 7) is 3.43. The third kappa shape index (κ3) is 3.06. The van der Waals surface area contributed by atoms with Crippen molar-refractivity contribution in [3.8, 4) is 0 Å². The number of rotatable bonds is 3. The van der Waals surface area contributed by atoms with Gasteiger partial charge in [-0.1, -0.05) is 28.1 Å². The predicted octanol–water partition coefficient (Wildman–Crippen LogP) is 2.22. The van der Waals surface area contributed by atoms with Crippen LogP contribution in [-0.2, 0) is 16.0 Å². The molecule has 0 heterocycles. The Balaban J connectivity index is 2.88. The summed E-state index contributed by atoms with van der Waals surface area (Å²) in [6.07, 6.45) is 0.235. The fraction of sp³-hybridized carbons (Fsp3) is 0.417. The summed E-state index contributed by atoms with van der Waals surface area (Å²) in [5.74, 6) is -0.621. The van der Waals surface area contributed by atoms with Crippen molar-refractivity contribution in [3.05, 3.63) is 33.8 Å². The second-order valence-electron chi connectivity index (χ2n) is 4.03. The molecular formula is C12H15BrO3. The fourth-order valence-corrected chi connectivity index (χ4v) is 1.86. The Bertz CT molecular complexity index is 399. The van der Waals surface area contributed by atoms with Crippen molar-refractivity contribution in [1.82, 2.24) is 0 Å². The van der Waals surface area contributed by atoms with E-state index in [4.69, 9.17) is 0 Å². The lowest BCUT2D eigenvalue weighted by atomic mass is 9.96. The molecule has 0 aliphatic rings. The molecule has 88 valence electrons. The van der Waals surface area contributed by atoms with E-state index in [1.807, 2.05) is 25.1 Å². The van der Waals surface area contributed by atoms with Gasteiger partial charge in [-0.3, -0.25) is 0 Å². The van der Waals surface area contributed by atoms with Crippen molar-refractivity contribution in [3.63, 3.8) is 0 Å². The first-order valence-electron chi connectivity index (χ1n) is 4.92. The van der Waals surface area contributed by atoms with Crippen LogP contribution in [-0.4, -0.2) is 23.8 Å². The first-order chi connectivity index (χ1) is 7.36. The van der Waals surface area contributed by atoms with Crippen LogP contribution in [0.4, 0.5) is 0 Å². The van der Waals surface area contributed by atoms with Gasteiger partial charge >= 0.3 is 5.97 Å². The van der Waals surface area contributed by atoms with E-state index in [1.165, 1.54) is 14.0 Å². The minimum absolute atomic E-state index is 0.235. The molecule has 0 aromatic heterocycles. The van der Waals surface area contributed by atoms with E-state index in [0.717, 1.165) is 15.6 Å². The highest BCUT2D eigenvalue weighted by Gasteiger charge is 2.31. The zero-order valence-electron chi connectivity index (χ0n) is 9.58. The van der Waals surface area contributed by atoms with Crippen LogP contribution in [0, 0.1) is 6.92 Å². The van der Waals surface area contributed by atoms with Gasteiger partial charge in [0.1, 0.15) is 0 Å². The Morgan fingerprint density at radius 1 is 1.56 bits per heavy atom. The Morgan fingerprint density at radius 3 is 2.69 bits per heavy atom. The van der Waals surface area contributed by atoms with Gasteiger partial charge in [-0.05, 0) is 31.0 Å². The van der Waals surface area contributed by atoms with Gasteiger partial charge in [0.2, 0.25) is 0 Å². The molecule has 1 atom stereocenters. The number of hydrogen-bond acceptors (Lipinski definition) is 3. The molecule has 0 saturated carbocycles. The molecule has 3 nitrogen and oxygen atoms in total. The molecule has 4 heteroatoms. The second-order valence-corrected chi connectivity index (χ2v) is 4.88. The average Bonchev–Trinajstić information content (AvgIpc) is 2.22. The molecule has 1 N–H and O–H groups in total. The highest BCUT2D eigenvalue weighted by atomic mass is 79.9. The molecule has 0 saturated heterocycles. The molecule has 1 unspecified atom stereocenters. The molecule has 0 aliphatic carbocycles. The van der Waals surface area contributed by atoms with E-state index >= 15 is 0 Å². The Hall–Kier alpha value is -0.870. The van der Waals surface area contributed by atoms with E-state index in [1.54, 1.807) is 0 Å². The standard InChI is InChI=1S/C12H15BrO3/c1-8-4-5-9(6-10(8)13)7-12(2,15)11(14)16-3/h4-6,15H,7H2,1-3H3. The molecular weight excluding hydrogens is 272 g/mol. The number of ether oxygens (including phenoxy) is 1. The van der Waals surface area contributed by atoms with Crippen LogP contribution in [0.15, 0.2) is 22.7 Å². The maximum Gasteiger partial charge on any atom is 0.337 e. The largest absolute Gasteiger partial charge is 0.467 e. The first-order valence-corrected chi connectivity index (χ1v) is 5.72. The first kappa shape index (κ1) is 13.2. The third-order valence-electron chi connectivity index (χ3n) is 2.41. The molecule has 0 spiro atoms. The minimum atomic E-state index is -1.48. The van der Waals surface area contributed by atoms with Crippen molar-refractivity contribution in [1.29, 1.82) is 0 Å². The van der Waals surface area contributed by atoms with Gasteiger partial charge in [-0.2, -0.15) is 0 Å². The molecule has 0 aliphatic heterocycles. The second kappa shape index (κ2) is 4.97. The van der Waals surface area contributed by atoms with Crippen LogP contribution in [0.1, 0.15) is 18.1 Å². The van der Waals surface area contributed by atoms with Crippen LogP contribution >= 0.6 is 15.9 Å². The fourth-order valence-electron chi connectivity index (χ4n) is 1.44. The van der Waals surface area contributed by atoms with Gasteiger partial charge in [0.25, 0.3) is 0 Å². The van der Waals surface area contributed by atoms with Crippen LogP contribution in [0.5, 0.6) is 0 Å². The quantitative estimate of drug-likeness (QED) is 0.867. The van der Waals surface area contributed by atoms with E-state index < -0.39 is 11.6 Å². The highest BCUT2D eigenvalue weighted by molar-refractivity contribution is 9.10. The van der Waals surface area contributed by atoms with Crippen molar-refractivity contribution < 1.29 is 14.6 Å². The summed E-state index contributed by atoms with van der Waals surface area (Å²) in [5.41, 5.74) is 0.512. The zero-order valence-corrected chi connectivity index (χ0v) is 11.2. The summed E-state index contributed by atoms with van der Waals surface area (Å²) in [5, 5.41) is 9.91. The normalized spacial score (nSPS) is 14.3. The number of hydrogen-bond donors (Lipinski definition) is 1. The van der Waals surface area contributed by atoms with Gasteiger partial charge in [-0.25, -0.2) is 4.79 Å². The van der Waals surface area contributed by atoms with Crippen molar-refractivity contribution in [2.75, 3.05) is 7.11 Å². The number of carbonyl (C=O) groups is 1. The van der Waals surface area contributed by atoms with E-state index in [9.17, 15) is 9.90 Å². The summed E-state index contributed by atoms with van der Waals surface area (Å²) >= 11 is 3.41. The number of methoxy groups -OCH3 is 1. The lowest BCUT2D eigenvalue weighted by Crippen LogP contribution is -2.38. The lowest BCUT2D eigenvalue weighted by molar-refractivity contribution is -0.160. The zero-order chi connectivity index (χ0) is 12.3. The number of esters is 1. The summed E-state index contributed by atoms with van der Waals surface area (Å²) < 4.78 is 5.50. The van der Waals surface area contributed by atoms with Crippen LogP contribution < -0.4 is 0 Å². The molecule has 1 rings (SSSR count). The van der Waals surface area contributed by atoms with Crippen LogP contribution in [0.2, 0.25) is 0 Å². The third-order valence-corrected chi connectivity index (χ3v) is 3.26. The minimum Gasteiger partial charge on any atom is -0.467 e. The topological polar surface area (TPSA) is 46.5 Å². The predicted molar refractivity (Wildman–Crippen MR) is 65.2 cm³/mol. The lowest BCUT2D eigenvalue weighted by Gasteiger charge is -2.20. The van der Waals surface area contributed by atoms with Crippen molar-refractivity contribution >= 4 is 21.9 Å². The Labute approximate surface area is 104 Å².